The van der Waals surface area contributed by atoms with Crippen LogP contribution in [0.5, 0.6) is 0 Å². The van der Waals surface area contributed by atoms with Gasteiger partial charge < -0.3 is 10.1 Å². The normalized spacial score (nSPS) is 11.1. The van der Waals surface area contributed by atoms with Crippen LogP contribution < -0.4 is 0 Å². The largest absolute Gasteiger partial charge is 0.358 e. The van der Waals surface area contributed by atoms with Crippen LogP contribution in [0.3, 0.4) is 0 Å². The second-order valence-electron chi connectivity index (χ2n) is 4.44. The number of aromatic nitrogens is 4. The van der Waals surface area contributed by atoms with Crippen LogP contribution in [0.1, 0.15) is 10.8 Å². The van der Waals surface area contributed by atoms with E-state index in [0.29, 0.717) is 10.8 Å². The van der Waals surface area contributed by atoms with E-state index in [9.17, 15) is 10.1 Å². The van der Waals surface area contributed by atoms with E-state index in [2.05, 4.69) is 15.2 Å². The molecular formula is C14H11N5O2S. The molecule has 0 saturated heterocycles. The monoisotopic (exact) mass is 313 g/mol. The number of hydrogen-bond donors (Lipinski definition) is 0. The number of nitrogens with zero attached hydrogens (tertiary/aromatic N) is 5. The van der Waals surface area contributed by atoms with Gasteiger partial charge in [0.15, 0.2) is 0 Å². The molecule has 0 atom stereocenters. The minimum absolute atomic E-state index is 0.0538. The molecule has 0 amide bonds. The number of nitro groups is 1. The summed E-state index contributed by atoms with van der Waals surface area (Å²) in [7, 11) is 1.60. The summed E-state index contributed by atoms with van der Waals surface area (Å²) in [5, 5.41) is 20.5. The van der Waals surface area contributed by atoms with Gasteiger partial charge in [-0.3, -0.25) is 0 Å². The lowest BCUT2D eigenvalue weighted by molar-refractivity contribution is -0.391. The molecule has 0 N–H and O–H groups in total. The highest BCUT2D eigenvalue weighted by molar-refractivity contribution is 7.15. The van der Waals surface area contributed by atoms with E-state index in [1.54, 1.807) is 19.2 Å². The second-order valence-corrected chi connectivity index (χ2v) is 5.44. The van der Waals surface area contributed by atoms with Gasteiger partial charge in [-0.1, -0.05) is 41.7 Å². The van der Waals surface area contributed by atoms with E-state index < -0.39 is 4.92 Å². The third-order valence-corrected chi connectivity index (χ3v) is 3.96. The van der Waals surface area contributed by atoms with Crippen LogP contribution in [0, 0.1) is 10.1 Å². The standard InChI is InChI=1S/C14H11N5O2S/c1-18-11(15-9-13(18)19(20)21)7-8-12-16-17-14(22-12)10-5-3-2-4-6-10/h2-9H,1H3. The molecule has 2 aromatic heterocycles. The van der Waals surface area contributed by atoms with Crippen LogP contribution in [0.2, 0.25) is 0 Å². The van der Waals surface area contributed by atoms with E-state index in [1.165, 1.54) is 22.1 Å². The summed E-state index contributed by atoms with van der Waals surface area (Å²) < 4.78 is 1.41. The van der Waals surface area contributed by atoms with E-state index in [0.717, 1.165) is 10.6 Å². The quantitative estimate of drug-likeness (QED) is 0.546. The molecule has 0 fully saturated rings. The number of benzene rings is 1. The van der Waals surface area contributed by atoms with E-state index in [-0.39, 0.29) is 5.82 Å². The highest BCUT2D eigenvalue weighted by atomic mass is 32.1. The van der Waals surface area contributed by atoms with Crippen LogP contribution >= 0.6 is 11.3 Å². The van der Waals surface area contributed by atoms with Gasteiger partial charge in [-0.2, -0.15) is 0 Å². The fourth-order valence-corrected chi connectivity index (χ4v) is 2.64. The van der Waals surface area contributed by atoms with Gasteiger partial charge in [-0.05, 0) is 11.0 Å². The summed E-state index contributed by atoms with van der Waals surface area (Å²) in [5.74, 6) is 0.435. The Labute approximate surface area is 129 Å². The maximum absolute atomic E-state index is 10.8. The topological polar surface area (TPSA) is 86.7 Å². The molecule has 0 unspecified atom stereocenters. The van der Waals surface area contributed by atoms with E-state index in [4.69, 9.17) is 0 Å². The van der Waals surface area contributed by atoms with Crippen LogP contribution in [-0.4, -0.2) is 24.7 Å². The third kappa shape index (κ3) is 2.77. The summed E-state index contributed by atoms with van der Waals surface area (Å²) in [6, 6.07) is 9.77. The van der Waals surface area contributed by atoms with Crippen molar-refractivity contribution in [3.63, 3.8) is 0 Å². The SMILES string of the molecule is Cn1c([N+](=O)[O-])cnc1C=Cc1nnc(-c2ccccc2)s1. The number of rotatable bonds is 4. The summed E-state index contributed by atoms with van der Waals surface area (Å²) in [6.45, 7) is 0. The smallest absolute Gasteiger partial charge is 0.342 e. The van der Waals surface area contributed by atoms with Gasteiger partial charge in [-0.15, -0.1) is 10.2 Å². The predicted molar refractivity (Wildman–Crippen MR) is 84.1 cm³/mol. The van der Waals surface area contributed by atoms with Crippen LogP contribution in [0.15, 0.2) is 36.5 Å². The lowest BCUT2D eigenvalue weighted by Gasteiger charge is -1.93. The highest BCUT2D eigenvalue weighted by Gasteiger charge is 2.14. The molecule has 1 aromatic carbocycles. The minimum Gasteiger partial charge on any atom is -0.358 e. The van der Waals surface area contributed by atoms with Crippen molar-refractivity contribution >= 4 is 29.3 Å². The predicted octanol–water partition coefficient (Wildman–Crippen LogP) is 3.02. The zero-order valence-corrected chi connectivity index (χ0v) is 12.4. The molecule has 22 heavy (non-hydrogen) atoms. The molecule has 0 bridgehead atoms. The van der Waals surface area contributed by atoms with Gasteiger partial charge in [0.2, 0.25) is 5.82 Å². The fraction of sp³-hybridized carbons (Fsp3) is 0.0714. The first kappa shape index (κ1) is 14.1. The molecular weight excluding hydrogens is 302 g/mol. The molecule has 0 saturated carbocycles. The average Bonchev–Trinajstić information content (AvgIpc) is 3.13. The second kappa shape index (κ2) is 5.86. The highest BCUT2D eigenvalue weighted by Crippen LogP contribution is 2.24. The molecule has 0 spiro atoms. The van der Waals surface area contributed by atoms with Crippen molar-refractivity contribution in [1.29, 1.82) is 0 Å². The van der Waals surface area contributed by atoms with Gasteiger partial charge in [0.1, 0.15) is 16.2 Å². The minimum atomic E-state index is -0.469. The Morgan fingerprint density at radius 2 is 2.00 bits per heavy atom. The molecule has 7 nitrogen and oxygen atoms in total. The summed E-state index contributed by atoms with van der Waals surface area (Å²) in [5.41, 5.74) is 1.01. The Morgan fingerprint density at radius 1 is 1.23 bits per heavy atom. The lowest BCUT2D eigenvalue weighted by Crippen LogP contribution is -1.98. The summed E-state index contributed by atoms with van der Waals surface area (Å²) >= 11 is 1.44. The van der Waals surface area contributed by atoms with Gasteiger partial charge in [0.05, 0.1) is 7.05 Å². The molecule has 0 aliphatic heterocycles. The van der Waals surface area contributed by atoms with Crippen molar-refractivity contribution in [3.8, 4) is 10.6 Å². The molecule has 8 heteroatoms. The van der Waals surface area contributed by atoms with Gasteiger partial charge in [0.25, 0.3) is 0 Å². The van der Waals surface area contributed by atoms with Crippen LogP contribution in [-0.2, 0) is 7.05 Å². The third-order valence-electron chi connectivity index (χ3n) is 3.02. The molecule has 2 heterocycles. The van der Waals surface area contributed by atoms with Gasteiger partial charge in [-0.25, -0.2) is 9.55 Å². The number of imidazole rings is 1. The fourth-order valence-electron chi connectivity index (χ4n) is 1.88. The average molecular weight is 313 g/mol. The van der Waals surface area contributed by atoms with Crippen LogP contribution in [0.25, 0.3) is 22.7 Å². The lowest BCUT2D eigenvalue weighted by atomic mass is 10.2. The maximum Gasteiger partial charge on any atom is 0.342 e. The van der Waals surface area contributed by atoms with Gasteiger partial charge >= 0.3 is 5.82 Å². The first-order valence-electron chi connectivity index (χ1n) is 6.38. The molecule has 0 radical (unpaired) electrons. The van der Waals surface area contributed by atoms with Crippen molar-refractivity contribution in [2.75, 3.05) is 0 Å². The Bertz CT molecular complexity index is 838. The summed E-state index contributed by atoms with van der Waals surface area (Å²) in [6.07, 6.45) is 4.66. The Kier molecular flexibility index (Phi) is 3.75. The Hall–Kier alpha value is -2.87. The van der Waals surface area contributed by atoms with E-state index in [1.807, 2.05) is 30.3 Å². The zero-order chi connectivity index (χ0) is 15.5. The van der Waals surface area contributed by atoms with E-state index >= 15 is 0 Å². The first-order valence-corrected chi connectivity index (χ1v) is 7.20. The number of hydrogen-bond acceptors (Lipinski definition) is 6. The van der Waals surface area contributed by atoms with Crippen molar-refractivity contribution in [2.45, 2.75) is 0 Å². The van der Waals surface area contributed by atoms with Crippen molar-refractivity contribution in [2.24, 2.45) is 7.05 Å². The van der Waals surface area contributed by atoms with Crippen molar-refractivity contribution in [1.82, 2.24) is 19.7 Å². The maximum atomic E-state index is 10.8. The van der Waals surface area contributed by atoms with Gasteiger partial charge in [0, 0.05) is 11.6 Å². The summed E-state index contributed by atoms with van der Waals surface area (Å²) in [4.78, 5) is 14.3. The Morgan fingerprint density at radius 3 is 2.68 bits per heavy atom. The molecule has 110 valence electrons. The van der Waals surface area contributed by atoms with Crippen molar-refractivity contribution < 1.29 is 4.92 Å². The first-order chi connectivity index (χ1) is 10.6. The molecule has 3 rings (SSSR count). The zero-order valence-electron chi connectivity index (χ0n) is 11.6. The molecule has 3 aromatic rings. The molecule has 0 aliphatic carbocycles. The Balaban J connectivity index is 1.82. The molecule has 0 aliphatic rings. The van der Waals surface area contributed by atoms with Crippen molar-refractivity contribution in [3.05, 3.63) is 57.5 Å². The van der Waals surface area contributed by atoms with Crippen LogP contribution in [0.4, 0.5) is 5.82 Å².